The molecule has 186 valence electrons. The summed E-state index contributed by atoms with van der Waals surface area (Å²) < 4.78 is 13.2. The molecule has 10 nitrogen and oxygen atoms in total. The van der Waals surface area contributed by atoms with E-state index in [0.29, 0.717) is 29.4 Å². The zero-order valence-corrected chi connectivity index (χ0v) is 19.9. The average Bonchev–Trinajstić information content (AvgIpc) is 3.52. The Labute approximate surface area is 208 Å². The van der Waals surface area contributed by atoms with Crippen LogP contribution in [-0.4, -0.2) is 76.8 Å². The predicted molar refractivity (Wildman–Crippen MR) is 134 cm³/mol. The lowest BCUT2D eigenvalue weighted by atomic mass is 10.1. The maximum atomic E-state index is 12.1. The second-order valence-electron chi connectivity index (χ2n) is 9.33. The fourth-order valence-electron chi connectivity index (χ4n) is 4.44. The van der Waals surface area contributed by atoms with Gasteiger partial charge in [-0.05, 0) is 31.1 Å². The first kappa shape index (κ1) is 22.7. The van der Waals surface area contributed by atoms with E-state index in [2.05, 4.69) is 20.6 Å². The van der Waals surface area contributed by atoms with Gasteiger partial charge in [0.15, 0.2) is 5.65 Å². The Morgan fingerprint density at radius 3 is 2.83 bits per heavy atom. The standard InChI is InChI=1S/C26H28N6O4/c33-24-14-18(26(34)30-24)12-19-16-27-32-23(28-20-4-5-20)15-22(29-25(19)32)17-2-1-3-21(13-17)36-11-8-31-6-9-35-10-7-31/h1-3,12-13,15-16,20,28H,4-11,14H2,(H,30,33,34)/b18-12+. The number of benzene rings is 1. The highest BCUT2D eigenvalue weighted by Gasteiger charge is 2.26. The third kappa shape index (κ3) is 4.95. The molecule has 1 aromatic carbocycles. The lowest BCUT2D eigenvalue weighted by Gasteiger charge is -2.26. The number of rotatable bonds is 8. The van der Waals surface area contributed by atoms with Gasteiger partial charge in [0.1, 0.15) is 18.2 Å². The molecule has 0 spiro atoms. The average molecular weight is 489 g/mol. The molecular weight excluding hydrogens is 460 g/mol. The molecule has 0 unspecified atom stereocenters. The van der Waals surface area contributed by atoms with Crippen molar-refractivity contribution in [1.82, 2.24) is 24.8 Å². The Kier molecular flexibility index (Phi) is 6.12. The van der Waals surface area contributed by atoms with Crippen LogP contribution in [0.1, 0.15) is 24.8 Å². The van der Waals surface area contributed by atoms with Crippen LogP contribution in [0.4, 0.5) is 5.82 Å². The maximum Gasteiger partial charge on any atom is 0.254 e. The quantitative estimate of drug-likeness (QED) is 0.367. The van der Waals surface area contributed by atoms with Gasteiger partial charge in [-0.1, -0.05) is 12.1 Å². The molecule has 10 heteroatoms. The summed E-state index contributed by atoms with van der Waals surface area (Å²) in [5.74, 6) is 0.968. The van der Waals surface area contributed by atoms with Crippen LogP contribution >= 0.6 is 0 Å². The fraction of sp³-hybridized carbons (Fsp3) is 0.385. The molecule has 2 aromatic heterocycles. The van der Waals surface area contributed by atoms with Crippen LogP contribution in [0.15, 0.2) is 42.1 Å². The molecule has 2 saturated heterocycles. The summed E-state index contributed by atoms with van der Waals surface area (Å²) in [4.78, 5) is 31.0. The summed E-state index contributed by atoms with van der Waals surface area (Å²) in [5.41, 5.74) is 3.42. The van der Waals surface area contributed by atoms with E-state index in [0.717, 1.165) is 68.5 Å². The Morgan fingerprint density at radius 1 is 1.19 bits per heavy atom. The van der Waals surface area contributed by atoms with Crippen molar-refractivity contribution in [2.75, 3.05) is 44.8 Å². The van der Waals surface area contributed by atoms with Crippen molar-refractivity contribution in [1.29, 1.82) is 0 Å². The summed E-state index contributed by atoms with van der Waals surface area (Å²) in [6.07, 6.45) is 5.68. The van der Waals surface area contributed by atoms with Crippen molar-refractivity contribution < 1.29 is 19.1 Å². The molecule has 4 heterocycles. The van der Waals surface area contributed by atoms with Crippen LogP contribution in [-0.2, 0) is 14.3 Å². The first-order valence-electron chi connectivity index (χ1n) is 12.4. The third-order valence-corrected chi connectivity index (χ3v) is 6.56. The molecule has 2 aliphatic heterocycles. The van der Waals surface area contributed by atoms with Gasteiger partial charge >= 0.3 is 0 Å². The maximum absolute atomic E-state index is 12.1. The van der Waals surface area contributed by atoms with E-state index in [-0.39, 0.29) is 18.2 Å². The number of nitrogens with one attached hydrogen (secondary N) is 2. The molecule has 0 bridgehead atoms. The fourth-order valence-corrected chi connectivity index (χ4v) is 4.44. The van der Waals surface area contributed by atoms with E-state index in [9.17, 15) is 9.59 Å². The van der Waals surface area contributed by atoms with Crippen LogP contribution in [0.25, 0.3) is 23.0 Å². The smallest absolute Gasteiger partial charge is 0.254 e. The van der Waals surface area contributed by atoms with Gasteiger partial charge in [-0.15, -0.1) is 0 Å². The number of amides is 2. The number of nitrogens with zero attached hydrogens (tertiary/aromatic N) is 4. The Balaban J connectivity index is 1.29. The number of ether oxygens (including phenoxy) is 2. The number of aromatic nitrogens is 3. The van der Waals surface area contributed by atoms with E-state index in [1.165, 1.54) is 0 Å². The van der Waals surface area contributed by atoms with Gasteiger partial charge in [-0.2, -0.15) is 9.61 Å². The minimum absolute atomic E-state index is 0.0624. The highest BCUT2D eigenvalue weighted by atomic mass is 16.5. The lowest BCUT2D eigenvalue weighted by molar-refractivity contribution is -0.124. The molecule has 0 radical (unpaired) electrons. The molecule has 2 N–H and O–H groups in total. The zero-order valence-electron chi connectivity index (χ0n) is 19.9. The van der Waals surface area contributed by atoms with Crippen molar-refractivity contribution in [2.24, 2.45) is 0 Å². The topological polar surface area (TPSA) is 110 Å². The SMILES string of the molecule is O=C1C/C(=C\c2cnn3c(NC4CC4)cc(-c4cccc(OCCN5CCOCC5)c4)nc23)C(=O)N1. The number of morpholine rings is 1. The van der Waals surface area contributed by atoms with Crippen molar-refractivity contribution >= 4 is 29.4 Å². The van der Waals surface area contributed by atoms with E-state index in [1.54, 1.807) is 16.8 Å². The minimum Gasteiger partial charge on any atom is -0.492 e. The molecule has 0 atom stereocenters. The van der Waals surface area contributed by atoms with E-state index in [4.69, 9.17) is 14.5 Å². The van der Waals surface area contributed by atoms with Gasteiger partial charge in [0.25, 0.3) is 5.91 Å². The second-order valence-corrected chi connectivity index (χ2v) is 9.33. The summed E-state index contributed by atoms with van der Waals surface area (Å²) in [5, 5.41) is 10.4. The van der Waals surface area contributed by atoms with Gasteiger partial charge < -0.3 is 14.8 Å². The first-order chi connectivity index (χ1) is 17.6. The van der Waals surface area contributed by atoms with Crippen molar-refractivity contribution in [3.8, 4) is 17.0 Å². The minimum atomic E-state index is -0.367. The monoisotopic (exact) mass is 488 g/mol. The Bertz CT molecular complexity index is 1340. The molecular formula is C26H28N6O4. The number of anilines is 1. The molecule has 3 fully saturated rings. The summed E-state index contributed by atoms with van der Waals surface area (Å²) in [6.45, 7) is 4.88. The zero-order chi connectivity index (χ0) is 24.5. The van der Waals surface area contributed by atoms with E-state index < -0.39 is 0 Å². The second kappa shape index (κ2) is 9.71. The molecule has 2 amide bonds. The highest BCUT2D eigenvalue weighted by molar-refractivity contribution is 6.15. The van der Waals surface area contributed by atoms with Crippen LogP contribution in [0.3, 0.4) is 0 Å². The van der Waals surface area contributed by atoms with E-state index >= 15 is 0 Å². The largest absolute Gasteiger partial charge is 0.492 e. The summed E-state index contributed by atoms with van der Waals surface area (Å²) in [6, 6.07) is 10.3. The number of carbonyl (C=O) groups excluding carboxylic acids is 2. The van der Waals surface area contributed by atoms with Crippen molar-refractivity contribution in [2.45, 2.75) is 25.3 Å². The van der Waals surface area contributed by atoms with Gasteiger partial charge in [0.2, 0.25) is 5.91 Å². The molecule has 36 heavy (non-hydrogen) atoms. The van der Waals surface area contributed by atoms with Crippen LogP contribution < -0.4 is 15.4 Å². The van der Waals surface area contributed by atoms with Crippen molar-refractivity contribution in [3.05, 3.63) is 47.7 Å². The van der Waals surface area contributed by atoms with E-state index in [1.807, 2.05) is 30.3 Å². The predicted octanol–water partition coefficient (Wildman–Crippen LogP) is 2.11. The molecule has 1 aliphatic carbocycles. The number of carbonyl (C=O) groups is 2. The van der Waals surface area contributed by atoms with Crippen LogP contribution in [0, 0.1) is 0 Å². The first-order valence-corrected chi connectivity index (χ1v) is 12.4. The Hall–Kier alpha value is -3.76. The van der Waals surface area contributed by atoms with Gasteiger partial charge in [-0.3, -0.25) is 19.8 Å². The van der Waals surface area contributed by atoms with Gasteiger partial charge in [0, 0.05) is 48.4 Å². The van der Waals surface area contributed by atoms with Gasteiger partial charge in [0.05, 0.1) is 31.5 Å². The number of imide groups is 1. The number of fused-ring (bicyclic) bond motifs is 1. The number of hydrogen-bond donors (Lipinski definition) is 2. The third-order valence-electron chi connectivity index (χ3n) is 6.56. The van der Waals surface area contributed by atoms with Crippen molar-refractivity contribution in [3.63, 3.8) is 0 Å². The van der Waals surface area contributed by atoms with Gasteiger partial charge in [-0.25, -0.2) is 4.98 Å². The summed E-state index contributed by atoms with van der Waals surface area (Å²) in [7, 11) is 0. The Morgan fingerprint density at radius 2 is 2.06 bits per heavy atom. The molecule has 6 rings (SSSR count). The molecule has 3 aromatic rings. The molecule has 3 aliphatic rings. The lowest BCUT2D eigenvalue weighted by Crippen LogP contribution is -2.38. The summed E-state index contributed by atoms with van der Waals surface area (Å²) >= 11 is 0. The normalized spacial score (nSPS) is 19.7. The highest BCUT2D eigenvalue weighted by Crippen LogP contribution is 2.30. The molecule has 1 saturated carbocycles. The van der Waals surface area contributed by atoms with Crippen LogP contribution in [0.2, 0.25) is 0 Å². The van der Waals surface area contributed by atoms with Crippen LogP contribution in [0.5, 0.6) is 5.75 Å². The number of hydrogen-bond acceptors (Lipinski definition) is 8.